The molecule has 0 atom stereocenters. The molecule has 2 rings (SSSR count). The van der Waals surface area contributed by atoms with E-state index in [1.54, 1.807) is 11.0 Å². The molecule has 1 amide bonds. The van der Waals surface area contributed by atoms with Crippen molar-refractivity contribution in [3.05, 3.63) is 17.5 Å². The lowest BCUT2D eigenvalue weighted by molar-refractivity contribution is 0.0305. The summed E-state index contributed by atoms with van der Waals surface area (Å²) in [5, 5.41) is 3.91. The molecule has 1 aliphatic heterocycles. The lowest BCUT2D eigenvalue weighted by Crippen LogP contribution is -2.37. The van der Waals surface area contributed by atoms with Gasteiger partial charge in [-0.3, -0.25) is 9.69 Å². The standard InChI is InChI=1S/C14H23N3O3/c1-4-17(11(2)3)14(18)13-9-12(20-15-13)10-16-5-7-19-8-6-16/h9,11H,4-8,10H2,1-3H3. The molecule has 1 saturated heterocycles. The van der Waals surface area contributed by atoms with E-state index in [1.165, 1.54) is 0 Å². The van der Waals surface area contributed by atoms with Crippen LogP contribution in [0.4, 0.5) is 0 Å². The van der Waals surface area contributed by atoms with Gasteiger partial charge in [0.1, 0.15) is 0 Å². The van der Waals surface area contributed by atoms with Crippen LogP contribution in [0.15, 0.2) is 10.6 Å². The van der Waals surface area contributed by atoms with Crippen LogP contribution in [0, 0.1) is 0 Å². The van der Waals surface area contributed by atoms with E-state index < -0.39 is 0 Å². The van der Waals surface area contributed by atoms with Gasteiger partial charge in [0.15, 0.2) is 11.5 Å². The van der Waals surface area contributed by atoms with E-state index in [-0.39, 0.29) is 11.9 Å². The molecule has 2 heterocycles. The van der Waals surface area contributed by atoms with Crippen molar-refractivity contribution in [1.29, 1.82) is 0 Å². The largest absolute Gasteiger partial charge is 0.379 e. The van der Waals surface area contributed by atoms with Gasteiger partial charge in [-0.25, -0.2) is 0 Å². The molecule has 0 N–H and O–H groups in total. The van der Waals surface area contributed by atoms with Gasteiger partial charge in [-0.2, -0.15) is 0 Å². The van der Waals surface area contributed by atoms with Gasteiger partial charge in [0.2, 0.25) is 0 Å². The highest BCUT2D eigenvalue weighted by molar-refractivity contribution is 5.92. The predicted molar refractivity (Wildman–Crippen MR) is 74.4 cm³/mol. The number of hydrogen-bond donors (Lipinski definition) is 0. The van der Waals surface area contributed by atoms with E-state index in [2.05, 4.69) is 10.1 Å². The van der Waals surface area contributed by atoms with E-state index >= 15 is 0 Å². The van der Waals surface area contributed by atoms with Gasteiger partial charge in [-0.15, -0.1) is 0 Å². The fraction of sp³-hybridized carbons (Fsp3) is 0.714. The van der Waals surface area contributed by atoms with Gasteiger partial charge >= 0.3 is 0 Å². The van der Waals surface area contributed by atoms with Crippen LogP contribution in [0.5, 0.6) is 0 Å². The Morgan fingerprint density at radius 2 is 2.15 bits per heavy atom. The zero-order chi connectivity index (χ0) is 14.5. The highest BCUT2D eigenvalue weighted by Crippen LogP contribution is 2.12. The second-order valence-electron chi connectivity index (χ2n) is 5.25. The summed E-state index contributed by atoms with van der Waals surface area (Å²) in [6.07, 6.45) is 0. The Balaban J connectivity index is 1.98. The Kier molecular flexibility index (Phi) is 5.14. The third kappa shape index (κ3) is 3.58. The molecule has 1 fully saturated rings. The molecule has 1 aliphatic rings. The molecule has 0 radical (unpaired) electrons. The normalized spacial score (nSPS) is 16.6. The SMILES string of the molecule is CCN(C(=O)c1cc(CN2CCOCC2)on1)C(C)C. The monoisotopic (exact) mass is 281 g/mol. The molecule has 0 aliphatic carbocycles. The van der Waals surface area contributed by atoms with Crippen LogP contribution in [0.25, 0.3) is 0 Å². The molecular weight excluding hydrogens is 258 g/mol. The van der Waals surface area contributed by atoms with Crippen molar-refractivity contribution in [3.63, 3.8) is 0 Å². The first-order valence-corrected chi connectivity index (χ1v) is 7.18. The molecule has 1 aromatic heterocycles. The van der Waals surface area contributed by atoms with Crippen LogP contribution in [0.2, 0.25) is 0 Å². The maximum atomic E-state index is 12.3. The van der Waals surface area contributed by atoms with E-state index in [0.29, 0.717) is 18.8 Å². The zero-order valence-corrected chi connectivity index (χ0v) is 12.5. The molecule has 0 aromatic carbocycles. The van der Waals surface area contributed by atoms with E-state index in [4.69, 9.17) is 9.26 Å². The number of hydrogen-bond acceptors (Lipinski definition) is 5. The minimum Gasteiger partial charge on any atom is -0.379 e. The summed E-state index contributed by atoms with van der Waals surface area (Å²) in [6.45, 7) is 10.6. The third-order valence-corrected chi connectivity index (χ3v) is 3.49. The molecule has 20 heavy (non-hydrogen) atoms. The fourth-order valence-corrected chi connectivity index (χ4v) is 2.36. The number of carbonyl (C=O) groups excluding carboxylic acids is 1. The second kappa shape index (κ2) is 6.85. The number of ether oxygens (including phenoxy) is 1. The summed E-state index contributed by atoms with van der Waals surface area (Å²) in [6, 6.07) is 1.91. The summed E-state index contributed by atoms with van der Waals surface area (Å²) in [5.41, 5.74) is 0.392. The number of morpholine rings is 1. The molecule has 0 unspecified atom stereocenters. The summed E-state index contributed by atoms with van der Waals surface area (Å²) in [7, 11) is 0. The Morgan fingerprint density at radius 1 is 1.45 bits per heavy atom. The Hall–Kier alpha value is -1.40. The molecule has 0 saturated carbocycles. The number of nitrogens with zero attached hydrogens (tertiary/aromatic N) is 3. The third-order valence-electron chi connectivity index (χ3n) is 3.49. The first-order chi connectivity index (χ1) is 9.61. The lowest BCUT2D eigenvalue weighted by atomic mass is 10.2. The average Bonchev–Trinajstić information content (AvgIpc) is 2.88. The van der Waals surface area contributed by atoms with Crippen LogP contribution < -0.4 is 0 Å². The zero-order valence-electron chi connectivity index (χ0n) is 12.5. The van der Waals surface area contributed by atoms with Gasteiger partial charge in [-0.1, -0.05) is 5.16 Å². The molecule has 0 spiro atoms. The molecule has 112 valence electrons. The van der Waals surface area contributed by atoms with E-state index in [9.17, 15) is 4.79 Å². The molecule has 0 bridgehead atoms. The molecule has 6 nitrogen and oxygen atoms in total. The average molecular weight is 281 g/mol. The topological polar surface area (TPSA) is 58.8 Å². The van der Waals surface area contributed by atoms with Crippen LogP contribution >= 0.6 is 0 Å². The van der Waals surface area contributed by atoms with Crippen molar-refractivity contribution in [3.8, 4) is 0 Å². The van der Waals surface area contributed by atoms with Crippen LogP contribution in [0.1, 0.15) is 37.0 Å². The highest BCUT2D eigenvalue weighted by Gasteiger charge is 2.21. The first-order valence-electron chi connectivity index (χ1n) is 7.18. The minimum atomic E-state index is -0.0699. The summed E-state index contributed by atoms with van der Waals surface area (Å²) < 4.78 is 10.6. The quantitative estimate of drug-likeness (QED) is 0.816. The molecular formula is C14H23N3O3. The number of rotatable bonds is 5. The second-order valence-corrected chi connectivity index (χ2v) is 5.25. The maximum Gasteiger partial charge on any atom is 0.276 e. The Labute approximate surface area is 119 Å². The highest BCUT2D eigenvalue weighted by atomic mass is 16.5. The Morgan fingerprint density at radius 3 is 2.75 bits per heavy atom. The van der Waals surface area contributed by atoms with E-state index in [1.807, 2.05) is 20.8 Å². The summed E-state index contributed by atoms with van der Waals surface area (Å²) in [4.78, 5) is 16.3. The van der Waals surface area contributed by atoms with Gasteiger partial charge in [-0.05, 0) is 20.8 Å². The molecule has 6 heteroatoms. The fourth-order valence-electron chi connectivity index (χ4n) is 2.36. The van der Waals surface area contributed by atoms with Crippen molar-refractivity contribution >= 4 is 5.91 Å². The summed E-state index contributed by atoms with van der Waals surface area (Å²) in [5.74, 6) is 0.662. The van der Waals surface area contributed by atoms with Crippen molar-refractivity contribution in [2.75, 3.05) is 32.8 Å². The van der Waals surface area contributed by atoms with Gasteiger partial charge in [0.05, 0.1) is 19.8 Å². The van der Waals surface area contributed by atoms with Crippen LogP contribution in [-0.2, 0) is 11.3 Å². The Bertz CT molecular complexity index is 439. The van der Waals surface area contributed by atoms with Crippen molar-refractivity contribution in [2.45, 2.75) is 33.4 Å². The van der Waals surface area contributed by atoms with Gasteiger partial charge < -0.3 is 14.2 Å². The molecule has 1 aromatic rings. The lowest BCUT2D eigenvalue weighted by Gasteiger charge is -2.25. The summed E-state index contributed by atoms with van der Waals surface area (Å²) >= 11 is 0. The van der Waals surface area contributed by atoms with Crippen molar-refractivity contribution in [2.24, 2.45) is 0 Å². The van der Waals surface area contributed by atoms with E-state index in [0.717, 1.165) is 32.1 Å². The number of aromatic nitrogens is 1. The van der Waals surface area contributed by atoms with Crippen molar-refractivity contribution < 1.29 is 14.1 Å². The maximum absolute atomic E-state index is 12.3. The van der Waals surface area contributed by atoms with Gasteiger partial charge in [0.25, 0.3) is 5.91 Å². The predicted octanol–water partition coefficient (Wildman–Crippen LogP) is 1.38. The van der Waals surface area contributed by atoms with Crippen molar-refractivity contribution in [1.82, 2.24) is 15.0 Å². The van der Waals surface area contributed by atoms with Crippen LogP contribution in [0.3, 0.4) is 0 Å². The minimum absolute atomic E-state index is 0.0699. The number of amides is 1. The smallest absolute Gasteiger partial charge is 0.276 e. The number of carbonyl (C=O) groups is 1. The van der Waals surface area contributed by atoms with Crippen LogP contribution in [-0.4, -0.2) is 59.8 Å². The first kappa shape index (κ1) is 15.0. The van der Waals surface area contributed by atoms with Gasteiger partial charge in [0, 0.05) is 31.7 Å².